The zero-order chi connectivity index (χ0) is 21.8. The Morgan fingerprint density at radius 1 is 0.529 bits per heavy atom. The van der Waals surface area contributed by atoms with E-state index in [-0.39, 0.29) is 24.8 Å². The van der Waals surface area contributed by atoms with Crippen LogP contribution < -0.4 is 0 Å². The number of hydrogen-bond donors (Lipinski definition) is 0. The minimum atomic E-state index is 0. The van der Waals surface area contributed by atoms with Gasteiger partial charge in [0, 0.05) is 25.9 Å². The maximum Gasteiger partial charge on any atom is 0.0715 e. The first-order chi connectivity index (χ1) is 15.9. The third-order valence-electron chi connectivity index (χ3n) is 6.73. The van der Waals surface area contributed by atoms with Crippen LogP contribution >= 0.6 is 24.8 Å². The van der Waals surface area contributed by atoms with Crippen molar-refractivity contribution in [1.82, 2.24) is 9.80 Å². The number of hydrogen-bond acceptors (Lipinski definition) is 4. The third kappa shape index (κ3) is 9.14. The Balaban J connectivity index is 0.00000204. The summed E-state index contributed by atoms with van der Waals surface area (Å²) >= 11 is 0. The molecule has 2 aromatic carbocycles. The van der Waals surface area contributed by atoms with Crippen LogP contribution in [0.3, 0.4) is 0 Å². The molecule has 0 atom stereocenters. The highest BCUT2D eigenvalue weighted by molar-refractivity contribution is 6.03. The van der Waals surface area contributed by atoms with Crippen LogP contribution in [-0.2, 0) is 0 Å². The van der Waals surface area contributed by atoms with Crippen molar-refractivity contribution in [1.29, 1.82) is 0 Å². The Morgan fingerprint density at radius 2 is 0.882 bits per heavy atom. The van der Waals surface area contributed by atoms with Gasteiger partial charge in [0.25, 0.3) is 0 Å². The summed E-state index contributed by atoms with van der Waals surface area (Å²) in [5, 5.41) is 9.76. The van der Waals surface area contributed by atoms with Gasteiger partial charge in [-0.1, -0.05) is 73.5 Å². The molecular weight excluding hydrogens is 463 g/mol. The van der Waals surface area contributed by atoms with E-state index in [0.717, 1.165) is 37.4 Å². The fraction of sp³-hybridized carbons (Fsp3) is 0.500. The fourth-order valence-corrected chi connectivity index (χ4v) is 4.78. The van der Waals surface area contributed by atoms with E-state index in [9.17, 15) is 0 Å². The zero-order valence-electron chi connectivity index (χ0n) is 20.3. The summed E-state index contributed by atoms with van der Waals surface area (Å²) in [5.41, 5.74) is 4.58. The summed E-state index contributed by atoms with van der Waals surface area (Å²) in [6.07, 6.45) is 9.93. The van der Waals surface area contributed by atoms with Gasteiger partial charge in [0.05, 0.1) is 11.4 Å². The van der Waals surface area contributed by atoms with E-state index in [4.69, 9.17) is 10.2 Å². The van der Waals surface area contributed by atoms with Crippen molar-refractivity contribution >= 4 is 36.2 Å². The lowest BCUT2D eigenvalue weighted by molar-refractivity contribution is 0.235. The third-order valence-corrected chi connectivity index (χ3v) is 6.73. The van der Waals surface area contributed by atoms with Crippen molar-refractivity contribution in [2.45, 2.75) is 51.4 Å². The number of benzene rings is 2. The van der Waals surface area contributed by atoms with Gasteiger partial charge in [-0.3, -0.25) is 0 Å². The monoisotopic (exact) mass is 502 g/mol. The van der Waals surface area contributed by atoms with Crippen molar-refractivity contribution in [3.8, 4) is 0 Å². The second kappa shape index (κ2) is 16.0. The van der Waals surface area contributed by atoms with Gasteiger partial charge < -0.3 is 9.80 Å². The van der Waals surface area contributed by atoms with Crippen molar-refractivity contribution in [3.63, 3.8) is 0 Å². The molecular formula is C28H40Cl2N4. The summed E-state index contributed by atoms with van der Waals surface area (Å²) < 4.78 is 0. The first-order valence-corrected chi connectivity index (χ1v) is 12.6. The van der Waals surface area contributed by atoms with E-state index in [1.54, 1.807) is 0 Å². The molecule has 2 heterocycles. The molecule has 0 aliphatic carbocycles. The predicted molar refractivity (Wildman–Crippen MR) is 150 cm³/mol. The molecule has 4 rings (SSSR count). The molecule has 0 aromatic heterocycles. The molecule has 0 unspecified atom stereocenters. The highest BCUT2D eigenvalue weighted by Gasteiger charge is 2.14. The van der Waals surface area contributed by atoms with Crippen LogP contribution in [0, 0.1) is 0 Å². The second-order valence-electron chi connectivity index (χ2n) is 9.13. The highest BCUT2D eigenvalue weighted by Crippen LogP contribution is 2.14. The first-order valence-electron chi connectivity index (χ1n) is 12.6. The standard InChI is InChI=1S/C28H38N4.2ClH/c1-5-13-25(14-6-1)27(17-23-31-19-9-3-10-20-31)29-30-28(26-15-7-2-8-16-26)18-24-32-21-11-4-12-22-32;;/h1-2,5-8,13-16H,3-4,9-12,17-24H2;2*1H/b29-27-,30-28+;;. The van der Waals surface area contributed by atoms with Crippen molar-refractivity contribution in [3.05, 3.63) is 71.8 Å². The molecule has 2 saturated heterocycles. The number of likely N-dealkylation sites (tertiary alicyclic amines) is 2. The Hall–Kier alpha value is -1.72. The van der Waals surface area contributed by atoms with E-state index in [1.807, 2.05) is 0 Å². The van der Waals surface area contributed by atoms with Gasteiger partial charge in [-0.2, -0.15) is 10.2 Å². The molecule has 6 heteroatoms. The van der Waals surface area contributed by atoms with Gasteiger partial charge in [-0.05, 0) is 63.0 Å². The van der Waals surface area contributed by atoms with Crippen LogP contribution in [0.5, 0.6) is 0 Å². The fourth-order valence-electron chi connectivity index (χ4n) is 4.78. The molecule has 0 N–H and O–H groups in total. The minimum Gasteiger partial charge on any atom is -0.303 e. The summed E-state index contributed by atoms with van der Waals surface area (Å²) in [4.78, 5) is 5.17. The van der Waals surface area contributed by atoms with E-state index in [2.05, 4.69) is 70.5 Å². The topological polar surface area (TPSA) is 31.2 Å². The molecule has 0 amide bonds. The van der Waals surface area contributed by atoms with Gasteiger partial charge in [0.1, 0.15) is 0 Å². The van der Waals surface area contributed by atoms with Crippen LogP contribution in [0.2, 0.25) is 0 Å². The summed E-state index contributed by atoms with van der Waals surface area (Å²) in [6.45, 7) is 7.01. The van der Waals surface area contributed by atoms with Crippen molar-refractivity contribution in [2.24, 2.45) is 10.2 Å². The summed E-state index contributed by atoms with van der Waals surface area (Å²) in [6, 6.07) is 21.2. The predicted octanol–water partition coefficient (Wildman–Crippen LogP) is 6.48. The maximum atomic E-state index is 4.88. The lowest BCUT2D eigenvalue weighted by Crippen LogP contribution is -2.32. The molecule has 2 aromatic rings. The molecule has 2 aliphatic heterocycles. The van der Waals surface area contributed by atoms with E-state index in [0.29, 0.717) is 0 Å². The lowest BCUT2D eigenvalue weighted by atomic mass is 10.1. The smallest absolute Gasteiger partial charge is 0.0715 e. The lowest BCUT2D eigenvalue weighted by Gasteiger charge is -2.26. The largest absolute Gasteiger partial charge is 0.303 e. The SMILES string of the molecule is Cl.Cl.c1ccc(/C(CCN2CCCCC2)=N\N=C(/CCN2CCCCC2)c2ccccc2)cc1. The van der Waals surface area contributed by atoms with Gasteiger partial charge in [-0.25, -0.2) is 0 Å². The molecule has 34 heavy (non-hydrogen) atoms. The van der Waals surface area contributed by atoms with Crippen LogP contribution in [-0.4, -0.2) is 60.5 Å². The number of rotatable bonds is 9. The Morgan fingerprint density at radius 3 is 1.24 bits per heavy atom. The number of piperidine rings is 2. The highest BCUT2D eigenvalue weighted by atomic mass is 35.5. The Bertz CT molecular complexity index is 785. The van der Waals surface area contributed by atoms with Gasteiger partial charge in [-0.15, -0.1) is 24.8 Å². The van der Waals surface area contributed by atoms with Crippen LogP contribution in [0.15, 0.2) is 70.9 Å². The van der Waals surface area contributed by atoms with Gasteiger partial charge >= 0.3 is 0 Å². The summed E-state index contributed by atoms with van der Waals surface area (Å²) in [5.74, 6) is 0. The molecule has 0 radical (unpaired) electrons. The molecule has 186 valence electrons. The van der Waals surface area contributed by atoms with Gasteiger partial charge in [0.15, 0.2) is 0 Å². The zero-order valence-corrected chi connectivity index (χ0v) is 21.9. The van der Waals surface area contributed by atoms with E-state index in [1.165, 1.54) is 75.8 Å². The number of halogens is 2. The van der Waals surface area contributed by atoms with Gasteiger partial charge in [0.2, 0.25) is 0 Å². The summed E-state index contributed by atoms with van der Waals surface area (Å²) in [7, 11) is 0. The molecule has 0 spiro atoms. The number of nitrogens with zero attached hydrogens (tertiary/aromatic N) is 4. The van der Waals surface area contributed by atoms with Crippen LogP contribution in [0.4, 0.5) is 0 Å². The second-order valence-corrected chi connectivity index (χ2v) is 9.13. The van der Waals surface area contributed by atoms with Crippen molar-refractivity contribution < 1.29 is 0 Å². The average Bonchev–Trinajstić information content (AvgIpc) is 2.88. The quantitative estimate of drug-likeness (QED) is 0.290. The Kier molecular flexibility index (Phi) is 13.5. The molecule has 0 bridgehead atoms. The van der Waals surface area contributed by atoms with Crippen LogP contribution in [0.25, 0.3) is 0 Å². The average molecular weight is 504 g/mol. The first kappa shape index (κ1) is 28.5. The molecule has 4 nitrogen and oxygen atoms in total. The molecule has 2 aliphatic rings. The minimum absolute atomic E-state index is 0. The molecule has 2 fully saturated rings. The van der Waals surface area contributed by atoms with Crippen LogP contribution in [0.1, 0.15) is 62.5 Å². The Labute approximate surface area is 218 Å². The maximum absolute atomic E-state index is 4.88. The van der Waals surface area contributed by atoms with E-state index >= 15 is 0 Å². The molecule has 0 saturated carbocycles. The van der Waals surface area contributed by atoms with E-state index < -0.39 is 0 Å². The van der Waals surface area contributed by atoms with Crippen molar-refractivity contribution in [2.75, 3.05) is 39.3 Å². The normalized spacial score (nSPS) is 18.1.